The number of ether oxygens (including phenoxy) is 3. The third kappa shape index (κ3) is 3.94. The Kier molecular flexibility index (Phi) is 4.66. The molecule has 2 aromatic carbocycles. The minimum absolute atomic E-state index is 0.0202. The topological polar surface area (TPSA) is 56.8 Å². The number of methoxy groups -OCH3 is 1. The molecule has 1 aliphatic heterocycles. The van der Waals surface area contributed by atoms with E-state index in [4.69, 9.17) is 14.2 Å². The molecule has 1 aliphatic rings. The van der Waals surface area contributed by atoms with Crippen molar-refractivity contribution in [1.29, 1.82) is 0 Å². The van der Waals surface area contributed by atoms with Gasteiger partial charge in [0.2, 0.25) is 0 Å². The summed E-state index contributed by atoms with van der Waals surface area (Å²) in [4.78, 5) is 11.9. The maximum Gasteiger partial charge on any atom is 0.258 e. The summed E-state index contributed by atoms with van der Waals surface area (Å²) in [6, 6.07) is 15.1. The number of rotatable bonds is 6. The van der Waals surface area contributed by atoms with Gasteiger partial charge in [-0.05, 0) is 23.8 Å². The number of hydrogen-bond donors (Lipinski definition) is 1. The lowest BCUT2D eigenvalue weighted by Gasteiger charge is -2.12. The Morgan fingerprint density at radius 2 is 2.04 bits per heavy atom. The minimum atomic E-state index is -0.174. The number of hydrogen-bond acceptors (Lipinski definition) is 4. The first-order valence-corrected chi connectivity index (χ1v) is 7.52. The largest absolute Gasteiger partial charge is 0.497 e. The molecule has 0 saturated carbocycles. The highest BCUT2D eigenvalue weighted by molar-refractivity contribution is 5.77. The van der Waals surface area contributed by atoms with Crippen LogP contribution < -0.4 is 19.5 Å². The average Bonchev–Trinajstić information content (AvgIpc) is 3.01. The summed E-state index contributed by atoms with van der Waals surface area (Å²) >= 11 is 0. The van der Waals surface area contributed by atoms with Gasteiger partial charge in [-0.2, -0.15) is 0 Å². The molecule has 0 radical (unpaired) electrons. The summed E-state index contributed by atoms with van der Waals surface area (Å²) in [5.41, 5.74) is 1.18. The molecule has 1 amide bonds. The molecular weight excluding hydrogens is 294 g/mol. The first-order valence-electron chi connectivity index (χ1n) is 7.52. The van der Waals surface area contributed by atoms with Crippen molar-refractivity contribution in [3.05, 3.63) is 54.1 Å². The van der Waals surface area contributed by atoms with Gasteiger partial charge in [-0.3, -0.25) is 4.79 Å². The fraction of sp³-hybridized carbons (Fsp3) is 0.278. The molecule has 0 bridgehead atoms. The Morgan fingerprint density at radius 3 is 2.87 bits per heavy atom. The quantitative estimate of drug-likeness (QED) is 0.888. The third-order valence-electron chi connectivity index (χ3n) is 3.65. The molecule has 0 fully saturated rings. The van der Waals surface area contributed by atoms with Gasteiger partial charge in [-0.1, -0.05) is 24.3 Å². The van der Waals surface area contributed by atoms with Gasteiger partial charge < -0.3 is 19.5 Å². The van der Waals surface area contributed by atoms with Crippen LogP contribution in [-0.2, 0) is 11.2 Å². The predicted octanol–water partition coefficient (Wildman–Crippen LogP) is 2.19. The monoisotopic (exact) mass is 313 g/mol. The van der Waals surface area contributed by atoms with Gasteiger partial charge >= 0.3 is 0 Å². The van der Waals surface area contributed by atoms with Crippen molar-refractivity contribution < 1.29 is 19.0 Å². The van der Waals surface area contributed by atoms with Crippen molar-refractivity contribution in [1.82, 2.24) is 5.32 Å². The fourth-order valence-electron chi connectivity index (χ4n) is 2.49. The second kappa shape index (κ2) is 7.05. The van der Waals surface area contributed by atoms with Crippen molar-refractivity contribution in [3.63, 3.8) is 0 Å². The van der Waals surface area contributed by atoms with Gasteiger partial charge in [-0.15, -0.1) is 0 Å². The van der Waals surface area contributed by atoms with E-state index < -0.39 is 0 Å². The van der Waals surface area contributed by atoms with Crippen molar-refractivity contribution >= 4 is 5.91 Å². The molecule has 5 nitrogen and oxygen atoms in total. The first-order chi connectivity index (χ1) is 11.2. The van der Waals surface area contributed by atoms with Crippen LogP contribution in [0.15, 0.2) is 48.5 Å². The maximum atomic E-state index is 11.9. The highest BCUT2D eigenvalue weighted by Gasteiger charge is 2.22. The molecule has 120 valence electrons. The van der Waals surface area contributed by atoms with Crippen LogP contribution in [0.4, 0.5) is 0 Å². The standard InChI is InChI=1S/C18H19NO4/c1-21-14-6-4-7-15(10-14)22-12-18(20)19-11-16-9-13-5-2-3-8-17(13)23-16/h2-8,10,16H,9,11-12H2,1H3,(H,19,20). The molecule has 0 aliphatic carbocycles. The predicted molar refractivity (Wildman–Crippen MR) is 86.1 cm³/mol. The minimum Gasteiger partial charge on any atom is -0.497 e. The SMILES string of the molecule is COc1cccc(OCC(=O)NCC2Cc3ccccc3O2)c1. The number of nitrogens with one attached hydrogen (secondary N) is 1. The zero-order valence-corrected chi connectivity index (χ0v) is 13.0. The summed E-state index contributed by atoms with van der Waals surface area (Å²) in [6.45, 7) is 0.432. The van der Waals surface area contributed by atoms with Gasteiger partial charge in [0.05, 0.1) is 13.7 Å². The Hall–Kier alpha value is -2.69. The second-order valence-corrected chi connectivity index (χ2v) is 5.32. The van der Waals surface area contributed by atoms with Gasteiger partial charge in [0.1, 0.15) is 23.4 Å². The van der Waals surface area contributed by atoms with Crippen LogP contribution in [-0.4, -0.2) is 32.3 Å². The highest BCUT2D eigenvalue weighted by atomic mass is 16.5. The molecule has 3 rings (SSSR count). The number of amides is 1. The normalized spacial score (nSPS) is 15.4. The average molecular weight is 313 g/mol. The van der Waals surface area contributed by atoms with Crippen molar-refractivity contribution in [2.24, 2.45) is 0 Å². The molecular formula is C18H19NO4. The molecule has 5 heteroatoms. The molecule has 1 N–H and O–H groups in total. The van der Waals surface area contributed by atoms with Crippen LogP contribution in [0.1, 0.15) is 5.56 Å². The van der Waals surface area contributed by atoms with Crippen molar-refractivity contribution in [2.75, 3.05) is 20.3 Å². The molecule has 1 unspecified atom stereocenters. The van der Waals surface area contributed by atoms with Crippen molar-refractivity contribution in [3.8, 4) is 17.2 Å². The Labute approximate surface area is 135 Å². The number of carbonyl (C=O) groups excluding carboxylic acids is 1. The van der Waals surface area contributed by atoms with Crippen molar-refractivity contribution in [2.45, 2.75) is 12.5 Å². The van der Waals surface area contributed by atoms with Crippen LogP contribution in [0.2, 0.25) is 0 Å². The zero-order valence-electron chi connectivity index (χ0n) is 13.0. The fourth-order valence-corrected chi connectivity index (χ4v) is 2.49. The van der Waals surface area contributed by atoms with Crippen LogP contribution in [0.3, 0.4) is 0 Å². The summed E-state index contributed by atoms with van der Waals surface area (Å²) in [5, 5.41) is 2.84. The van der Waals surface area contributed by atoms with E-state index in [0.717, 1.165) is 12.2 Å². The maximum absolute atomic E-state index is 11.9. The van der Waals surface area contributed by atoms with E-state index in [1.807, 2.05) is 36.4 Å². The Morgan fingerprint density at radius 1 is 1.22 bits per heavy atom. The lowest BCUT2D eigenvalue weighted by Crippen LogP contribution is -2.37. The van der Waals surface area contributed by atoms with Crippen LogP contribution in [0, 0.1) is 0 Å². The van der Waals surface area contributed by atoms with Crippen LogP contribution in [0.25, 0.3) is 0 Å². The molecule has 1 atom stereocenters. The van der Waals surface area contributed by atoms with E-state index in [-0.39, 0.29) is 18.6 Å². The number of para-hydroxylation sites is 1. The van der Waals surface area contributed by atoms with E-state index in [1.165, 1.54) is 5.56 Å². The van der Waals surface area contributed by atoms with Gasteiger partial charge in [0, 0.05) is 12.5 Å². The molecule has 1 heterocycles. The summed E-state index contributed by atoms with van der Waals surface area (Å²) in [5.74, 6) is 2.02. The Bertz CT molecular complexity index is 661. The summed E-state index contributed by atoms with van der Waals surface area (Å²) < 4.78 is 16.3. The smallest absolute Gasteiger partial charge is 0.258 e. The second-order valence-electron chi connectivity index (χ2n) is 5.32. The molecule has 2 aromatic rings. The van der Waals surface area contributed by atoms with Crippen LogP contribution >= 0.6 is 0 Å². The summed E-state index contributed by atoms with van der Waals surface area (Å²) in [7, 11) is 1.59. The number of fused-ring (bicyclic) bond motifs is 1. The van der Waals surface area contributed by atoms with Crippen LogP contribution in [0.5, 0.6) is 17.2 Å². The van der Waals surface area contributed by atoms with Gasteiger partial charge in [0.15, 0.2) is 6.61 Å². The molecule has 0 aromatic heterocycles. The first kappa shape index (κ1) is 15.2. The summed E-state index contributed by atoms with van der Waals surface area (Å²) in [6.07, 6.45) is 0.792. The van der Waals surface area contributed by atoms with E-state index in [2.05, 4.69) is 5.32 Å². The van der Waals surface area contributed by atoms with Gasteiger partial charge in [-0.25, -0.2) is 0 Å². The Balaban J connectivity index is 1.42. The molecule has 0 spiro atoms. The number of carbonyl (C=O) groups is 1. The van der Waals surface area contributed by atoms with E-state index in [0.29, 0.717) is 18.0 Å². The van der Waals surface area contributed by atoms with E-state index in [1.54, 1.807) is 19.2 Å². The lowest BCUT2D eigenvalue weighted by atomic mass is 10.1. The van der Waals surface area contributed by atoms with Gasteiger partial charge in [0.25, 0.3) is 5.91 Å². The highest BCUT2D eigenvalue weighted by Crippen LogP contribution is 2.27. The lowest BCUT2D eigenvalue weighted by molar-refractivity contribution is -0.123. The van der Waals surface area contributed by atoms with E-state index in [9.17, 15) is 4.79 Å². The number of benzene rings is 2. The van der Waals surface area contributed by atoms with E-state index >= 15 is 0 Å². The third-order valence-corrected chi connectivity index (χ3v) is 3.65. The zero-order chi connectivity index (χ0) is 16.1. The molecule has 23 heavy (non-hydrogen) atoms. The molecule has 0 saturated heterocycles.